The van der Waals surface area contributed by atoms with E-state index in [1.54, 1.807) is 32.4 Å². The van der Waals surface area contributed by atoms with Gasteiger partial charge in [-0.3, -0.25) is 4.79 Å². The van der Waals surface area contributed by atoms with Crippen molar-refractivity contribution in [2.24, 2.45) is 0 Å². The van der Waals surface area contributed by atoms with Gasteiger partial charge in [-0.05, 0) is 37.8 Å². The predicted molar refractivity (Wildman–Crippen MR) is 75.0 cm³/mol. The zero-order valence-corrected chi connectivity index (χ0v) is 11.6. The zero-order valence-electron chi connectivity index (χ0n) is 11.6. The number of hydrogen-bond donors (Lipinski definition) is 0. The third kappa shape index (κ3) is 3.60. The minimum absolute atomic E-state index is 0.130. The summed E-state index contributed by atoms with van der Waals surface area (Å²) in [7, 11) is 3.18. The number of ketones is 1. The smallest absolute Gasteiger partial charge is 0.167 e. The summed E-state index contributed by atoms with van der Waals surface area (Å²) in [5, 5.41) is 0. The van der Waals surface area contributed by atoms with Crippen LogP contribution in [0.1, 0.15) is 42.5 Å². The lowest BCUT2D eigenvalue weighted by Crippen LogP contribution is -2.04. The van der Waals surface area contributed by atoms with Crippen molar-refractivity contribution >= 4 is 5.78 Å². The number of allylic oxidation sites excluding steroid dienone is 2. The van der Waals surface area contributed by atoms with E-state index in [2.05, 4.69) is 6.08 Å². The molecule has 1 aliphatic rings. The highest BCUT2D eigenvalue weighted by Gasteiger charge is 2.13. The molecule has 1 aromatic carbocycles. The highest BCUT2D eigenvalue weighted by molar-refractivity contribution is 5.98. The highest BCUT2D eigenvalue weighted by Crippen LogP contribution is 2.26. The third-order valence-corrected chi connectivity index (χ3v) is 3.45. The molecule has 0 aromatic heterocycles. The molecule has 0 heterocycles. The van der Waals surface area contributed by atoms with Gasteiger partial charge < -0.3 is 9.47 Å². The van der Waals surface area contributed by atoms with Crippen LogP contribution in [0.4, 0.5) is 0 Å². The molecular weight excluding hydrogens is 240 g/mol. The normalized spacial score (nSPS) is 14.7. The number of carbonyl (C=O) groups excluding carboxylic acids is 1. The van der Waals surface area contributed by atoms with Crippen molar-refractivity contribution in [3.05, 3.63) is 35.4 Å². The molecule has 0 N–H and O–H groups in total. The zero-order chi connectivity index (χ0) is 13.7. The molecule has 1 aromatic rings. The van der Waals surface area contributed by atoms with Gasteiger partial charge in [0.25, 0.3) is 0 Å². The summed E-state index contributed by atoms with van der Waals surface area (Å²) in [4.78, 5) is 12.3. The van der Waals surface area contributed by atoms with Crippen LogP contribution < -0.4 is 9.47 Å². The number of carbonyl (C=O) groups is 1. The van der Waals surface area contributed by atoms with Crippen molar-refractivity contribution in [3.63, 3.8) is 0 Å². The first-order chi connectivity index (χ1) is 9.22. The Balaban J connectivity index is 2.15. The molecule has 0 radical (unpaired) electrons. The van der Waals surface area contributed by atoms with Gasteiger partial charge in [-0.25, -0.2) is 0 Å². The summed E-state index contributed by atoms with van der Waals surface area (Å²) in [6.07, 6.45) is 7.30. The second kappa shape index (κ2) is 6.41. The Kier molecular flexibility index (Phi) is 4.61. The lowest BCUT2D eigenvalue weighted by Gasteiger charge is -2.12. The molecule has 0 aliphatic heterocycles. The molecule has 0 spiro atoms. The van der Waals surface area contributed by atoms with E-state index >= 15 is 0 Å². The van der Waals surface area contributed by atoms with Crippen molar-refractivity contribution in [2.45, 2.75) is 32.1 Å². The third-order valence-electron chi connectivity index (χ3n) is 3.45. The molecular formula is C16H20O3. The van der Waals surface area contributed by atoms with E-state index in [0.717, 1.165) is 12.8 Å². The van der Waals surface area contributed by atoms with E-state index in [9.17, 15) is 4.79 Å². The second-order valence-corrected chi connectivity index (χ2v) is 4.81. The minimum Gasteiger partial charge on any atom is -0.497 e. The van der Waals surface area contributed by atoms with Crippen LogP contribution in [-0.4, -0.2) is 20.0 Å². The number of rotatable bonds is 5. The van der Waals surface area contributed by atoms with E-state index in [-0.39, 0.29) is 5.78 Å². The van der Waals surface area contributed by atoms with Crippen molar-refractivity contribution in [2.75, 3.05) is 14.2 Å². The fourth-order valence-electron chi connectivity index (χ4n) is 2.34. The van der Waals surface area contributed by atoms with E-state index < -0.39 is 0 Å². The number of benzene rings is 1. The van der Waals surface area contributed by atoms with Gasteiger partial charge in [0.15, 0.2) is 5.78 Å². The Morgan fingerprint density at radius 2 is 1.79 bits per heavy atom. The Labute approximate surface area is 114 Å². The van der Waals surface area contributed by atoms with Crippen molar-refractivity contribution in [1.82, 2.24) is 0 Å². The SMILES string of the molecule is COc1cc(OC)cc(C(=O)CC2=CCCCC2)c1. The Morgan fingerprint density at radius 1 is 1.11 bits per heavy atom. The van der Waals surface area contributed by atoms with Gasteiger partial charge in [0.05, 0.1) is 14.2 Å². The van der Waals surface area contributed by atoms with E-state index in [0.29, 0.717) is 23.5 Å². The largest absolute Gasteiger partial charge is 0.497 e. The van der Waals surface area contributed by atoms with Gasteiger partial charge in [-0.1, -0.05) is 11.6 Å². The minimum atomic E-state index is 0.130. The predicted octanol–water partition coefficient (Wildman–Crippen LogP) is 3.78. The number of Topliss-reactive ketones (excluding diaryl/α,β-unsaturated/α-hetero) is 1. The molecule has 0 amide bonds. The van der Waals surface area contributed by atoms with Crippen LogP contribution in [0.3, 0.4) is 0 Å². The topological polar surface area (TPSA) is 35.5 Å². The van der Waals surface area contributed by atoms with Crippen LogP contribution in [-0.2, 0) is 0 Å². The Hall–Kier alpha value is -1.77. The number of methoxy groups -OCH3 is 2. The highest BCUT2D eigenvalue weighted by atomic mass is 16.5. The summed E-state index contributed by atoms with van der Waals surface area (Å²) < 4.78 is 10.4. The van der Waals surface area contributed by atoms with Crippen molar-refractivity contribution in [1.29, 1.82) is 0 Å². The maximum absolute atomic E-state index is 12.3. The van der Waals surface area contributed by atoms with Crippen LogP contribution in [0.25, 0.3) is 0 Å². The summed E-state index contributed by atoms with van der Waals surface area (Å²) in [6, 6.07) is 5.32. The lowest BCUT2D eigenvalue weighted by atomic mass is 9.93. The average molecular weight is 260 g/mol. The molecule has 0 fully saturated rings. The molecule has 102 valence electrons. The Morgan fingerprint density at radius 3 is 2.32 bits per heavy atom. The molecule has 3 nitrogen and oxygen atoms in total. The molecule has 19 heavy (non-hydrogen) atoms. The van der Waals surface area contributed by atoms with Crippen molar-refractivity contribution < 1.29 is 14.3 Å². The standard InChI is InChI=1S/C16H20O3/c1-18-14-9-13(10-15(11-14)19-2)16(17)8-12-6-4-3-5-7-12/h6,9-11H,3-5,7-8H2,1-2H3. The summed E-state index contributed by atoms with van der Waals surface area (Å²) in [6.45, 7) is 0. The van der Waals surface area contributed by atoms with Crippen LogP contribution >= 0.6 is 0 Å². The van der Waals surface area contributed by atoms with E-state index in [1.807, 2.05) is 0 Å². The molecule has 3 heteroatoms. The quantitative estimate of drug-likeness (QED) is 0.597. The van der Waals surface area contributed by atoms with Gasteiger partial charge in [0.2, 0.25) is 0 Å². The van der Waals surface area contributed by atoms with Gasteiger partial charge >= 0.3 is 0 Å². The fourth-order valence-corrected chi connectivity index (χ4v) is 2.34. The second-order valence-electron chi connectivity index (χ2n) is 4.81. The molecule has 0 bridgehead atoms. The van der Waals surface area contributed by atoms with Gasteiger partial charge in [-0.2, -0.15) is 0 Å². The molecule has 0 atom stereocenters. The van der Waals surface area contributed by atoms with Crippen molar-refractivity contribution in [3.8, 4) is 11.5 Å². The summed E-state index contributed by atoms with van der Waals surface area (Å²) in [5.41, 5.74) is 1.92. The first kappa shape index (κ1) is 13.7. The molecule has 1 aliphatic carbocycles. The first-order valence-corrected chi connectivity index (χ1v) is 6.67. The lowest BCUT2D eigenvalue weighted by molar-refractivity contribution is 0.0991. The maximum Gasteiger partial charge on any atom is 0.167 e. The Bertz CT molecular complexity index is 467. The van der Waals surface area contributed by atoms with Crippen LogP contribution in [0.5, 0.6) is 11.5 Å². The van der Waals surface area contributed by atoms with E-state index in [1.165, 1.54) is 18.4 Å². The van der Waals surface area contributed by atoms with Crippen LogP contribution in [0.15, 0.2) is 29.8 Å². The van der Waals surface area contributed by atoms with Gasteiger partial charge in [-0.15, -0.1) is 0 Å². The average Bonchev–Trinajstić information content (AvgIpc) is 2.47. The van der Waals surface area contributed by atoms with Gasteiger partial charge in [0, 0.05) is 18.1 Å². The van der Waals surface area contributed by atoms with Crippen LogP contribution in [0, 0.1) is 0 Å². The summed E-state index contributed by atoms with van der Waals surface area (Å²) in [5.74, 6) is 1.44. The molecule has 2 rings (SSSR count). The molecule has 0 saturated carbocycles. The first-order valence-electron chi connectivity index (χ1n) is 6.67. The van der Waals surface area contributed by atoms with E-state index in [4.69, 9.17) is 9.47 Å². The maximum atomic E-state index is 12.3. The van der Waals surface area contributed by atoms with Gasteiger partial charge in [0.1, 0.15) is 11.5 Å². The number of ether oxygens (including phenoxy) is 2. The monoisotopic (exact) mass is 260 g/mol. The fraction of sp³-hybridized carbons (Fsp3) is 0.438. The molecule has 0 saturated heterocycles. The number of hydrogen-bond acceptors (Lipinski definition) is 3. The summed E-state index contributed by atoms with van der Waals surface area (Å²) >= 11 is 0. The van der Waals surface area contributed by atoms with Crippen LogP contribution in [0.2, 0.25) is 0 Å². The molecule has 0 unspecified atom stereocenters.